The van der Waals surface area contributed by atoms with Gasteiger partial charge in [-0.2, -0.15) is 0 Å². The summed E-state index contributed by atoms with van der Waals surface area (Å²) in [6.45, 7) is 2.14. The van der Waals surface area contributed by atoms with Crippen LogP contribution >= 0.6 is 11.8 Å². The summed E-state index contributed by atoms with van der Waals surface area (Å²) in [7, 11) is 0. The highest BCUT2D eigenvalue weighted by molar-refractivity contribution is 7.99. The van der Waals surface area contributed by atoms with Crippen LogP contribution in [0.4, 0.5) is 0 Å². The lowest BCUT2D eigenvalue weighted by Gasteiger charge is -2.10. The van der Waals surface area contributed by atoms with Crippen LogP contribution in [0.1, 0.15) is 50.0 Å². The number of carbonyl (C=O) groups is 1. The number of hydrogen-bond acceptors (Lipinski definition) is 5. The summed E-state index contributed by atoms with van der Waals surface area (Å²) in [5.41, 5.74) is 1.25. The number of nitrogens with one attached hydrogen (secondary N) is 1. The van der Waals surface area contributed by atoms with Gasteiger partial charge in [-0.05, 0) is 24.3 Å². The van der Waals surface area contributed by atoms with E-state index >= 15 is 0 Å². The van der Waals surface area contributed by atoms with E-state index in [1.165, 1.54) is 30.2 Å². The molecular weight excluding hydrogens is 322 g/mol. The van der Waals surface area contributed by atoms with E-state index in [4.69, 9.17) is 4.42 Å². The van der Waals surface area contributed by atoms with Gasteiger partial charge < -0.3 is 9.73 Å². The fourth-order valence-electron chi connectivity index (χ4n) is 3.01. The van der Waals surface area contributed by atoms with E-state index in [-0.39, 0.29) is 5.91 Å². The van der Waals surface area contributed by atoms with Gasteiger partial charge in [0.15, 0.2) is 0 Å². The van der Waals surface area contributed by atoms with Crippen molar-refractivity contribution in [3.63, 3.8) is 0 Å². The van der Waals surface area contributed by atoms with Gasteiger partial charge in [0.25, 0.3) is 5.22 Å². The van der Waals surface area contributed by atoms with Gasteiger partial charge in [-0.25, -0.2) is 0 Å². The Labute approximate surface area is 146 Å². The second-order valence-corrected chi connectivity index (χ2v) is 7.24. The summed E-state index contributed by atoms with van der Waals surface area (Å²) >= 11 is 1.30. The summed E-state index contributed by atoms with van der Waals surface area (Å²) in [6.07, 6.45) is 5.32. The molecule has 1 aliphatic rings. The Morgan fingerprint density at radius 3 is 2.79 bits per heavy atom. The molecule has 1 heterocycles. The average Bonchev–Trinajstić information content (AvgIpc) is 3.26. The normalized spacial score (nSPS) is 16.2. The molecule has 128 valence electrons. The molecule has 1 amide bonds. The molecule has 2 aromatic rings. The molecule has 0 spiro atoms. The lowest BCUT2D eigenvalue weighted by atomic mass is 9.98. The molecule has 1 fully saturated rings. The molecule has 1 aliphatic carbocycles. The first-order valence-corrected chi connectivity index (χ1v) is 9.49. The van der Waals surface area contributed by atoms with Crippen LogP contribution in [-0.2, 0) is 11.2 Å². The number of benzene rings is 1. The second-order valence-electron chi connectivity index (χ2n) is 6.32. The van der Waals surface area contributed by atoms with Crippen molar-refractivity contribution in [2.75, 3.05) is 5.75 Å². The highest BCUT2D eigenvalue weighted by atomic mass is 32.2. The van der Waals surface area contributed by atoms with E-state index in [9.17, 15) is 4.79 Å². The van der Waals surface area contributed by atoms with E-state index in [2.05, 4.69) is 34.6 Å². The number of aromatic nitrogens is 2. The number of thioether (sulfide) groups is 1. The van der Waals surface area contributed by atoms with Gasteiger partial charge in [-0.15, -0.1) is 10.2 Å². The van der Waals surface area contributed by atoms with E-state index in [0.29, 0.717) is 35.2 Å². The number of hydrogen-bond donors (Lipinski definition) is 1. The second kappa shape index (κ2) is 8.33. The number of rotatable bonds is 7. The maximum atomic E-state index is 11.9. The van der Waals surface area contributed by atoms with Crippen molar-refractivity contribution in [3.05, 3.63) is 41.8 Å². The number of nitrogens with zero attached hydrogens (tertiary/aromatic N) is 2. The SMILES string of the molecule is CC(Cc1nnc(SCC(=O)NC2CCCC2)o1)c1ccccc1. The molecule has 1 saturated carbocycles. The van der Waals surface area contributed by atoms with Crippen LogP contribution in [0.3, 0.4) is 0 Å². The minimum Gasteiger partial charge on any atom is -0.416 e. The Balaban J connectivity index is 1.45. The van der Waals surface area contributed by atoms with Crippen LogP contribution in [0, 0.1) is 0 Å². The largest absolute Gasteiger partial charge is 0.416 e. The number of amides is 1. The third kappa shape index (κ3) is 4.84. The number of carbonyl (C=O) groups excluding carboxylic acids is 1. The quantitative estimate of drug-likeness (QED) is 0.777. The van der Waals surface area contributed by atoms with Gasteiger partial charge in [0.05, 0.1) is 5.75 Å². The van der Waals surface area contributed by atoms with Crippen LogP contribution in [0.2, 0.25) is 0 Å². The third-order valence-corrected chi connectivity index (χ3v) is 5.16. The average molecular weight is 345 g/mol. The molecule has 0 saturated heterocycles. The summed E-state index contributed by atoms with van der Waals surface area (Å²) < 4.78 is 5.66. The summed E-state index contributed by atoms with van der Waals surface area (Å²) in [6, 6.07) is 10.6. The fraction of sp³-hybridized carbons (Fsp3) is 0.500. The standard InChI is InChI=1S/C18H23N3O2S/c1-13(14-7-3-2-4-8-14)11-17-20-21-18(23-17)24-12-16(22)19-15-9-5-6-10-15/h2-4,7-8,13,15H,5-6,9-12H2,1H3,(H,19,22). The van der Waals surface area contributed by atoms with Crippen molar-refractivity contribution in [1.29, 1.82) is 0 Å². The molecule has 1 unspecified atom stereocenters. The molecule has 6 heteroatoms. The molecule has 24 heavy (non-hydrogen) atoms. The summed E-state index contributed by atoms with van der Waals surface area (Å²) in [4.78, 5) is 11.9. The van der Waals surface area contributed by atoms with Crippen molar-refractivity contribution >= 4 is 17.7 Å². The highest BCUT2D eigenvalue weighted by Gasteiger charge is 2.18. The van der Waals surface area contributed by atoms with Crippen LogP contribution in [0.5, 0.6) is 0 Å². The molecule has 5 nitrogen and oxygen atoms in total. The minimum atomic E-state index is 0.0457. The van der Waals surface area contributed by atoms with E-state index in [1.807, 2.05) is 18.2 Å². The highest BCUT2D eigenvalue weighted by Crippen LogP contribution is 2.22. The topological polar surface area (TPSA) is 68.0 Å². The molecule has 1 aromatic carbocycles. The van der Waals surface area contributed by atoms with Crippen LogP contribution in [0.25, 0.3) is 0 Å². The first-order valence-electron chi connectivity index (χ1n) is 8.50. The first kappa shape index (κ1) is 17.0. The molecule has 0 bridgehead atoms. The van der Waals surface area contributed by atoms with Crippen molar-refractivity contribution in [2.45, 2.75) is 56.2 Å². The molecule has 0 radical (unpaired) electrons. The van der Waals surface area contributed by atoms with E-state index < -0.39 is 0 Å². The van der Waals surface area contributed by atoms with Crippen molar-refractivity contribution < 1.29 is 9.21 Å². The first-order chi connectivity index (χ1) is 11.7. The molecular formula is C18H23N3O2S. The van der Waals surface area contributed by atoms with Gasteiger partial charge >= 0.3 is 0 Å². The smallest absolute Gasteiger partial charge is 0.277 e. The fourth-order valence-corrected chi connectivity index (χ4v) is 3.60. The van der Waals surface area contributed by atoms with Crippen molar-refractivity contribution in [3.8, 4) is 0 Å². The maximum Gasteiger partial charge on any atom is 0.277 e. The minimum absolute atomic E-state index is 0.0457. The monoisotopic (exact) mass is 345 g/mol. The van der Waals surface area contributed by atoms with Gasteiger partial charge in [-0.1, -0.05) is 61.9 Å². The van der Waals surface area contributed by atoms with Gasteiger partial charge in [0, 0.05) is 12.5 Å². The van der Waals surface area contributed by atoms with Crippen LogP contribution < -0.4 is 5.32 Å². The van der Waals surface area contributed by atoms with E-state index in [1.54, 1.807) is 0 Å². The maximum absolute atomic E-state index is 11.9. The predicted octanol–water partition coefficient (Wildman–Crippen LogP) is 3.57. The summed E-state index contributed by atoms with van der Waals surface area (Å²) in [5.74, 6) is 1.30. The van der Waals surface area contributed by atoms with Crippen LogP contribution in [-0.4, -0.2) is 27.9 Å². The Bertz CT molecular complexity index is 653. The molecule has 3 rings (SSSR count). The van der Waals surface area contributed by atoms with Gasteiger partial charge in [0.2, 0.25) is 11.8 Å². The summed E-state index contributed by atoms with van der Waals surface area (Å²) in [5, 5.41) is 11.7. The van der Waals surface area contributed by atoms with Crippen LogP contribution in [0.15, 0.2) is 40.0 Å². The van der Waals surface area contributed by atoms with Crippen molar-refractivity contribution in [1.82, 2.24) is 15.5 Å². The lowest BCUT2D eigenvalue weighted by molar-refractivity contribution is -0.119. The third-order valence-electron chi connectivity index (χ3n) is 4.34. The zero-order valence-corrected chi connectivity index (χ0v) is 14.7. The Morgan fingerprint density at radius 1 is 1.29 bits per heavy atom. The zero-order chi connectivity index (χ0) is 16.8. The zero-order valence-electron chi connectivity index (χ0n) is 13.9. The van der Waals surface area contributed by atoms with Crippen molar-refractivity contribution in [2.24, 2.45) is 0 Å². The Morgan fingerprint density at radius 2 is 2.04 bits per heavy atom. The molecule has 1 N–H and O–H groups in total. The molecule has 1 aromatic heterocycles. The van der Waals surface area contributed by atoms with Gasteiger partial charge in [0.1, 0.15) is 0 Å². The Kier molecular flexibility index (Phi) is 5.91. The molecule has 0 aliphatic heterocycles. The lowest BCUT2D eigenvalue weighted by Crippen LogP contribution is -2.33. The molecule has 1 atom stereocenters. The van der Waals surface area contributed by atoms with E-state index in [0.717, 1.165) is 12.8 Å². The Hall–Kier alpha value is -1.82. The van der Waals surface area contributed by atoms with Gasteiger partial charge in [-0.3, -0.25) is 4.79 Å². The predicted molar refractivity (Wildman–Crippen MR) is 94.0 cm³/mol.